The highest BCUT2D eigenvalue weighted by atomic mass is 16.5. The molecule has 0 unspecified atom stereocenters. The Hall–Kier alpha value is -2.11. The standard InChI is InChI=1S/C21H27NO2.CH2O2/c1-24-19-10-9-16(17-6-2-3-7-18(17)19)14-22-13-5-12-21(15-22)11-4-8-20(21)23;2-1-3/h2-3,6-7,9-10,20,23H,4-5,8,11-15H2,1H3;1H,(H,2,3)/t20-,21-;/m1./s1. The number of aliphatic hydroxyl groups is 1. The number of aliphatic hydroxyl groups excluding tert-OH is 1. The van der Waals surface area contributed by atoms with Gasteiger partial charge in [-0.2, -0.15) is 0 Å². The molecule has 1 heterocycles. The maximum Gasteiger partial charge on any atom is 0.290 e. The Morgan fingerprint density at radius 2 is 1.89 bits per heavy atom. The first kappa shape index (κ1) is 19.6. The molecule has 0 radical (unpaired) electrons. The van der Waals surface area contributed by atoms with Gasteiger partial charge in [-0.3, -0.25) is 9.69 Å². The van der Waals surface area contributed by atoms with E-state index in [-0.39, 0.29) is 18.0 Å². The van der Waals surface area contributed by atoms with Gasteiger partial charge >= 0.3 is 0 Å². The molecular weight excluding hydrogens is 342 g/mol. The van der Waals surface area contributed by atoms with Crippen LogP contribution >= 0.6 is 0 Å². The molecule has 146 valence electrons. The highest BCUT2D eigenvalue weighted by Gasteiger charge is 2.44. The Kier molecular flexibility index (Phi) is 6.34. The summed E-state index contributed by atoms with van der Waals surface area (Å²) < 4.78 is 5.52. The molecule has 0 amide bonds. The molecule has 1 aliphatic carbocycles. The molecule has 0 aromatic heterocycles. The third-order valence-electron chi connectivity index (χ3n) is 6.13. The minimum atomic E-state index is -0.250. The number of benzene rings is 2. The average molecular weight is 371 g/mol. The van der Waals surface area contributed by atoms with Gasteiger partial charge in [0.05, 0.1) is 13.2 Å². The fourth-order valence-electron chi connectivity index (χ4n) is 4.88. The molecule has 2 aromatic rings. The van der Waals surface area contributed by atoms with Crippen LogP contribution in [-0.4, -0.2) is 47.9 Å². The molecule has 2 aliphatic rings. The van der Waals surface area contributed by atoms with E-state index in [0.29, 0.717) is 0 Å². The lowest BCUT2D eigenvalue weighted by Gasteiger charge is -2.42. The first-order valence-corrected chi connectivity index (χ1v) is 9.66. The van der Waals surface area contributed by atoms with Crippen molar-refractivity contribution >= 4 is 17.2 Å². The molecule has 2 aromatic carbocycles. The number of nitrogens with zero attached hydrogens (tertiary/aromatic N) is 1. The summed E-state index contributed by atoms with van der Waals surface area (Å²) in [5.41, 5.74) is 1.51. The molecule has 2 atom stereocenters. The topological polar surface area (TPSA) is 70.0 Å². The third kappa shape index (κ3) is 4.09. The van der Waals surface area contributed by atoms with Crippen LogP contribution in [0.3, 0.4) is 0 Å². The summed E-state index contributed by atoms with van der Waals surface area (Å²) in [5, 5.41) is 19.8. The summed E-state index contributed by atoms with van der Waals surface area (Å²) in [6, 6.07) is 12.8. The van der Waals surface area contributed by atoms with Crippen molar-refractivity contribution < 1.29 is 19.7 Å². The van der Waals surface area contributed by atoms with Crippen molar-refractivity contribution in [3.05, 3.63) is 42.0 Å². The van der Waals surface area contributed by atoms with Crippen molar-refractivity contribution in [1.82, 2.24) is 4.90 Å². The van der Waals surface area contributed by atoms with E-state index in [0.717, 1.165) is 31.8 Å². The normalized spacial score (nSPS) is 25.2. The zero-order chi connectivity index (χ0) is 19.3. The predicted octanol–water partition coefficient (Wildman–Crippen LogP) is 3.68. The quantitative estimate of drug-likeness (QED) is 0.806. The van der Waals surface area contributed by atoms with E-state index in [4.69, 9.17) is 14.6 Å². The largest absolute Gasteiger partial charge is 0.496 e. The number of fused-ring (bicyclic) bond motifs is 1. The molecule has 5 nitrogen and oxygen atoms in total. The Morgan fingerprint density at radius 3 is 2.56 bits per heavy atom. The van der Waals surface area contributed by atoms with Gasteiger partial charge in [0.15, 0.2) is 0 Å². The molecule has 27 heavy (non-hydrogen) atoms. The molecule has 2 fully saturated rings. The van der Waals surface area contributed by atoms with Crippen LogP contribution < -0.4 is 4.74 Å². The third-order valence-corrected chi connectivity index (χ3v) is 6.13. The van der Waals surface area contributed by atoms with Crippen LogP contribution in [-0.2, 0) is 11.3 Å². The first-order valence-electron chi connectivity index (χ1n) is 9.66. The minimum Gasteiger partial charge on any atom is -0.496 e. The van der Waals surface area contributed by atoms with E-state index < -0.39 is 0 Å². The maximum absolute atomic E-state index is 10.5. The number of rotatable bonds is 3. The number of carbonyl (C=O) groups is 1. The van der Waals surface area contributed by atoms with Crippen molar-refractivity contribution in [1.29, 1.82) is 0 Å². The van der Waals surface area contributed by atoms with E-state index in [1.165, 1.54) is 42.0 Å². The monoisotopic (exact) mass is 371 g/mol. The molecule has 5 heteroatoms. The summed E-state index contributed by atoms with van der Waals surface area (Å²) in [5.74, 6) is 0.940. The lowest BCUT2D eigenvalue weighted by atomic mass is 9.76. The van der Waals surface area contributed by atoms with E-state index in [1.54, 1.807) is 7.11 Å². The van der Waals surface area contributed by atoms with E-state index in [1.807, 2.05) is 0 Å². The molecule has 2 N–H and O–H groups in total. The molecule has 4 rings (SSSR count). The van der Waals surface area contributed by atoms with Gasteiger partial charge in [0.1, 0.15) is 5.75 Å². The van der Waals surface area contributed by atoms with Crippen molar-refractivity contribution in [2.45, 2.75) is 44.8 Å². The fourth-order valence-corrected chi connectivity index (χ4v) is 4.88. The van der Waals surface area contributed by atoms with Crippen LogP contribution in [0.2, 0.25) is 0 Å². The lowest BCUT2D eigenvalue weighted by Crippen LogP contribution is -2.46. The van der Waals surface area contributed by atoms with Crippen LogP contribution in [0.15, 0.2) is 36.4 Å². The van der Waals surface area contributed by atoms with Crippen molar-refractivity contribution in [2.75, 3.05) is 20.2 Å². The fraction of sp³-hybridized carbons (Fsp3) is 0.500. The number of carboxylic acid groups (broad SMARTS) is 1. The summed E-state index contributed by atoms with van der Waals surface area (Å²) >= 11 is 0. The Labute approximate surface area is 160 Å². The van der Waals surface area contributed by atoms with E-state index >= 15 is 0 Å². The van der Waals surface area contributed by atoms with Gasteiger partial charge in [-0.25, -0.2) is 0 Å². The zero-order valence-electron chi connectivity index (χ0n) is 15.9. The molecule has 1 saturated heterocycles. The van der Waals surface area contributed by atoms with Gasteiger partial charge in [-0.15, -0.1) is 0 Å². The van der Waals surface area contributed by atoms with Gasteiger partial charge in [0, 0.05) is 23.9 Å². The minimum absolute atomic E-state index is 0.104. The van der Waals surface area contributed by atoms with Crippen molar-refractivity contribution in [3.63, 3.8) is 0 Å². The van der Waals surface area contributed by atoms with Gasteiger partial charge in [0.2, 0.25) is 0 Å². The second kappa shape index (κ2) is 8.72. The molecular formula is C22H29NO4. The first-order chi connectivity index (χ1) is 13.1. The van der Waals surface area contributed by atoms with Gasteiger partial charge in [0.25, 0.3) is 6.47 Å². The van der Waals surface area contributed by atoms with Gasteiger partial charge in [-0.1, -0.05) is 36.8 Å². The van der Waals surface area contributed by atoms with Crippen LogP contribution in [0.1, 0.15) is 37.7 Å². The smallest absolute Gasteiger partial charge is 0.290 e. The number of likely N-dealkylation sites (tertiary alicyclic amines) is 1. The second-order valence-corrected chi connectivity index (χ2v) is 7.66. The predicted molar refractivity (Wildman–Crippen MR) is 106 cm³/mol. The van der Waals surface area contributed by atoms with Crippen LogP contribution in [0, 0.1) is 5.41 Å². The second-order valence-electron chi connectivity index (χ2n) is 7.66. The van der Waals surface area contributed by atoms with Crippen molar-refractivity contribution in [3.8, 4) is 5.75 Å². The summed E-state index contributed by atoms with van der Waals surface area (Å²) in [4.78, 5) is 10.9. The van der Waals surface area contributed by atoms with Gasteiger partial charge in [-0.05, 0) is 49.2 Å². The van der Waals surface area contributed by atoms with Crippen LogP contribution in [0.5, 0.6) is 5.75 Å². The molecule has 1 aliphatic heterocycles. The van der Waals surface area contributed by atoms with Crippen LogP contribution in [0.4, 0.5) is 0 Å². The number of methoxy groups -OCH3 is 1. The average Bonchev–Trinajstić information content (AvgIpc) is 3.02. The number of hydrogen-bond acceptors (Lipinski definition) is 4. The highest BCUT2D eigenvalue weighted by molar-refractivity contribution is 5.91. The molecule has 1 saturated carbocycles. The highest BCUT2D eigenvalue weighted by Crippen LogP contribution is 2.45. The number of piperidine rings is 1. The van der Waals surface area contributed by atoms with Crippen LogP contribution in [0.25, 0.3) is 10.8 Å². The molecule has 0 bridgehead atoms. The summed E-state index contributed by atoms with van der Waals surface area (Å²) in [6.45, 7) is 2.88. The van der Waals surface area contributed by atoms with E-state index in [9.17, 15) is 5.11 Å². The van der Waals surface area contributed by atoms with Crippen molar-refractivity contribution in [2.24, 2.45) is 5.41 Å². The SMILES string of the molecule is COc1ccc(CN2CCC[C@]3(CCC[C@H]3O)C2)c2ccccc12.O=CO. The summed E-state index contributed by atoms with van der Waals surface area (Å²) in [7, 11) is 1.73. The van der Waals surface area contributed by atoms with E-state index in [2.05, 4.69) is 41.3 Å². The lowest BCUT2D eigenvalue weighted by molar-refractivity contribution is -0.122. The van der Waals surface area contributed by atoms with Gasteiger partial charge < -0.3 is 14.9 Å². The zero-order valence-corrected chi connectivity index (χ0v) is 15.9. The molecule has 1 spiro atoms. The Balaban J connectivity index is 0.000000659. The Morgan fingerprint density at radius 1 is 1.19 bits per heavy atom. The number of hydrogen-bond donors (Lipinski definition) is 2. The number of ether oxygens (including phenoxy) is 1. The summed E-state index contributed by atoms with van der Waals surface area (Å²) in [6.07, 6.45) is 5.64. The maximum atomic E-state index is 10.5. The Bertz CT molecular complexity index is 778.